The molecule has 0 aliphatic rings. The summed E-state index contributed by atoms with van der Waals surface area (Å²) in [5, 5.41) is 3.77. The molecule has 6 heteroatoms. The van der Waals surface area contributed by atoms with Crippen molar-refractivity contribution in [2.24, 2.45) is 0 Å². The number of hydrogen-bond donors (Lipinski definition) is 1. The summed E-state index contributed by atoms with van der Waals surface area (Å²) in [7, 11) is -3.66. The molecule has 0 saturated carbocycles. The normalized spacial score (nSPS) is 12.4. The second-order valence-electron chi connectivity index (χ2n) is 6.18. The van der Waals surface area contributed by atoms with Crippen LogP contribution in [0.5, 0.6) is 0 Å². The van der Waals surface area contributed by atoms with Crippen molar-refractivity contribution in [1.29, 1.82) is 0 Å². The molecule has 1 N–H and O–H groups in total. The highest BCUT2D eigenvalue weighted by molar-refractivity contribution is 7.92. The summed E-state index contributed by atoms with van der Waals surface area (Å²) in [5.41, 5.74) is 1.75. The topological polar surface area (TPSA) is 72.2 Å². The number of anilines is 1. The fourth-order valence-corrected chi connectivity index (χ4v) is 2.82. The summed E-state index contributed by atoms with van der Waals surface area (Å²) in [6.07, 6.45) is 0. The Morgan fingerprint density at radius 1 is 1.10 bits per heavy atom. The van der Waals surface area contributed by atoms with Crippen molar-refractivity contribution in [3.63, 3.8) is 0 Å². The van der Waals surface area contributed by atoms with E-state index < -0.39 is 10.0 Å². The first-order valence-corrected chi connectivity index (χ1v) is 8.15. The summed E-state index contributed by atoms with van der Waals surface area (Å²) in [6.45, 7) is 9.72. The predicted octanol–water partition coefficient (Wildman–Crippen LogP) is 3.39. The van der Waals surface area contributed by atoms with Gasteiger partial charge in [-0.1, -0.05) is 32.0 Å². The van der Waals surface area contributed by atoms with Crippen LogP contribution in [-0.2, 0) is 15.4 Å². The van der Waals surface area contributed by atoms with E-state index in [9.17, 15) is 8.42 Å². The van der Waals surface area contributed by atoms with Gasteiger partial charge in [-0.2, -0.15) is 0 Å². The minimum absolute atomic E-state index is 0.193. The number of rotatable bonds is 3. The standard InChI is InChI=1S/C15H20N2O3S/c1-10-6-7-12(8-11(10)2)21(18,19)17-14-9-13(20-16-14)15(3,4)5/h6-9H,1-5H3,(H,16,17). The molecule has 0 spiro atoms. The maximum Gasteiger partial charge on any atom is 0.263 e. The Bertz CT molecular complexity index is 755. The first-order valence-electron chi connectivity index (χ1n) is 6.67. The maximum atomic E-state index is 12.3. The van der Waals surface area contributed by atoms with Crippen LogP contribution in [0.2, 0.25) is 0 Å². The molecule has 0 saturated heterocycles. The first kappa shape index (κ1) is 15.6. The van der Waals surface area contributed by atoms with E-state index in [1.54, 1.807) is 24.3 Å². The van der Waals surface area contributed by atoms with Gasteiger partial charge in [0.05, 0.1) is 4.90 Å². The molecule has 1 aromatic carbocycles. The SMILES string of the molecule is Cc1ccc(S(=O)(=O)Nc2cc(C(C)(C)C)on2)cc1C. The third-order valence-corrected chi connectivity index (χ3v) is 4.63. The molecule has 21 heavy (non-hydrogen) atoms. The molecule has 0 aliphatic heterocycles. The highest BCUT2D eigenvalue weighted by Crippen LogP contribution is 2.25. The third-order valence-electron chi connectivity index (χ3n) is 3.28. The lowest BCUT2D eigenvalue weighted by Crippen LogP contribution is -2.13. The molecule has 5 nitrogen and oxygen atoms in total. The smallest absolute Gasteiger partial charge is 0.263 e. The number of benzene rings is 1. The monoisotopic (exact) mass is 308 g/mol. The van der Waals surface area contributed by atoms with Crippen LogP contribution in [0.3, 0.4) is 0 Å². The molecule has 0 atom stereocenters. The van der Waals surface area contributed by atoms with E-state index in [0.29, 0.717) is 5.76 Å². The van der Waals surface area contributed by atoms with Gasteiger partial charge in [0.15, 0.2) is 5.82 Å². The number of sulfonamides is 1. The molecule has 1 heterocycles. The number of nitrogens with one attached hydrogen (secondary N) is 1. The van der Waals surface area contributed by atoms with Crippen molar-refractivity contribution in [2.75, 3.05) is 4.72 Å². The molecular weight excluding hydrogens is 288 g/mol. The van der Waals surface area contributed by atoms with E-state index in [1.807, 2.05) is 34.6 Å². The Morgan fingerprint density at radius 3 is 2.29 bits per heavy atom. The molecule has 0 unspecified atom stereocenters. The van der Waals surface area contributed by atoms with Gasteiger partial charge in [-0.05, 0) is 37.1 Å². The minimum Gasteiger partial charge on any atom is -0.359 e. The molecule has 0 bridgehead atoms. The third kappa shape index (κ3) is 3.44. The van der Waals surface area contributed by atoms with Crippen LogP contribution in [0, 0.1) is 13.8 Å². The van der Waals surface area contributed by atoms with Gasteiger partial charge < -0.3 is 4.52 Å². The number of aryl methyl sites for hydroxylation is 2. The molecule has 1 aromatic heterocycles. The van der Waals surface area contributed by atoms with E-state index in [1.165, 1.54) is 0 Å². The van der Waals surface area contributed by atoms with Crippen LogP contribution in [0.25, 0.3) is 0 Å². The van der Waals surface area contributed by atoms with Crippen LogP contribution in [-0.4, -0.2) is 13.6 Å². The summed E-state index contributed by atoms with van der Waals surface area (Å²) >= 11 is 0. The second-order valence-corrected chi connectivity index (χ2v) is 7.86. The minimum atomic E-state index is -3.66. The molecule has 2 rings (SSSR count). The summed E-state index contributed by atoms with van der Waals surface area (Å²) in [4.78, 5) is 0.214. The van der Waals surface area contributed by atoms with Gasteiger partial charge >= 0.3 is 0 Å². The van der Waals surface area contributed by atoms with Crippen molar-refractivity contribution in [3.8, 4) is 0 Å². The molecule has 0 fully saturated rings. The Kier molecular flexibility index (Phi) is 3.84. The Labute approximate surface area is 125 Å². The largest absolute Gasteiger partial charge is 0.359 e. The zero-order chi connectivity index (χ0) is 15.8. The van der Waals surface area contributed by atoms with Crippen LogP contribution < -0.4 is 4.72 Å². The van der Waals surface area contributed by atoms with E-state index in [4.69, 9.17) is 4.52 Å². The number of aromatic nitrogens is 1. The number of hydrogen-bond acceptors (Lipinski definition) is 4. The van der Waals surface area contributed by atoms with Gasteiger partial charge in [0.2, 0.25) is 0 Å². The lowest BCUT2D eigenvalue weighted by molar-refractivity contribution is 0.331. The van der Waals surface area contributed by atoms with Gasteiger partial charge in [-0.25, -0.2) is 8.42 Å². The second kappa shape index (κ2) is 5.18. The Morgan fingerprint density at radius 2 is 1.76 bits per heavy atom. The Balaban J connectivity index is 2.29. The van der Waals surface area contributed by atoms with Crippen molar-refractivity contribution in [3.05, 3.63) is 41.2 Å². The van der Waals surface area contributed by atoms with Crippen molar-refractivity contribution < 1.29 is 12.9 Å². The van der Waals surface area contributed by atoms with Crippen molar-refractivity contribution in [2.45, 2.75) is 44.9 Å². The molecule has 0 amide bonds. The zero-order valence-electron chi connectivity index (χ0n) is 12.9. The maximum absolute atomic E-state index is 12.3. The van der Waals surface area contributed by atoms with Crippen LogP contribution in [0.1, 0.15) is 37.7 Å². The average Bonchev–Trinajstić information content (AvgIpc) is 2.80. The van der Waals surface area contributed by atoms with Crippen LogP contribution in [0.4, 0.5) is 5.82 Å². The van der Waals surface area contributed by atoms with Gasteiger partial charge in [0.25, 0.3) is 10.0 Å². The van der Waals surface area contributed by atoms with Crippen LogP contribution in [0.15, 0.2) is 33.7 Å². The molecule has 2 aromatic rings. The predicted molar refractivity (Wildman–Crippen MR) is 81.9 cm³/mol. The van der Waals surface area contributed by atoms with E-state index in [0.717, 1.165) is 11.1 Å². The highest BCUT2D eigenvalue weighted by Gasteiger charge is 2.22. The Hall–Kier alpha value is -1.82. The fraction of sp³-hybridized carbons (Fsp3) is 0.400. The van der Waals surface area contributed by atoms with Gasteiger partial charge in [0, 0.05) is 11.5 Å². The van der Waals surface area contributed by atoms with Gasteiger partial charge in [-0.3, -0.25) is 4.72 Å². The van der Waals surface area contributed by atoms with E-state index in [2.05, 4.69) is 9.88 Å². The van der Waals surface area contributed by atoms with E-state index in [-0.39, 0.29) is 16.1 Å². The van der Waals surface area contributed by atoms with Gasteiger partial charge in [-0.15, -0.1) is 0 Å². The van der Waals surface area contributed by atoms with E-state index >= 15 is 0 Å². The first-order chi connectivity index (χ1) is 9.59. The molecule has 0 radical (unpaired) electrons. The lowest BCUT2D eigenvalue weighted by atomic mass is 9.93. The molecule has 114 valence electrons. The van der Waals surface area contributed by atoms with Crippen molar-refractivity contribution in [1.82, 2.24) is 5.16 Å². The van der Waals surface area contributed by atoms with Crippen molar-refractivity contribution >= 4 is 15.8 Å². The average molecular weight is 308 g/mol. The summed E-state index contributed by atoms with van der Waals surface area (Å²) in [5.74, 6) is 0.818. The quantitative estimate of drug-likeness (QED) is 0.943. The zero-order valence-corrected chi connectivity index (χ0v) is 13.7. The summed E-state index contributed by atoms with van der Waals surface area (Å²) in [6, 6.07) is 6.61. The molecule has 0 aliphatic carbocycles. The number of nitrogens with zero attached hydrogens (tertiary/aromatic N) is 1. The fourth-order valence-electron chi connectivity index (χ4n) is 1.75. The summed E-state index contributed by atoms with van der Waals surface area (Å²) < 4.78 is 32.3. The highest BCUT2D eigenvalue weighted by atomic mass is 32.2. The van der Waals surface area contributed by atoms with Gasteiger partial charge in [0.1, 0.15) is 5.76 Å². The lowest BCUT2D eigenvalue weighted by Gasteiger charge is -2.12. The van der Waals surface area contributed by atoms with Crippen LogP contribution >= 0.6 is 0 Å². The molecular formula is C15H20N2O3S.